The average Bonchev–Trinajstić information content (AvgIpc) is 2.37. The second-order valence-electron chi connectivity index (χ2n) is 4.67. The summed E-state index contributed by atoms with van der Waals surface area (Å²) in [5.41, 5.74) is 0.826. The van der Waals surface area contributed by atoms with E-state index in [1.807, 2.05) is 46.1 Å². The molecule has 0 aliphatic carbocycles. The molecule has 0 aliphatic rings. The molecule has 4 heteroatoms. The zero-order valence-corrected chi connectivity index (χ0v) is 12.3. The van der Waals surface area contributed by atoms with Crippen LogP contribution < -0.4 is 9.47 Å². The Morgan fingerprint density at radius 2 is 1.84 bits per heavy atom. The van der Waals surface area contributed by atoms with Gasteiger partial charge in [-0.25, -0.2) is 0 Å². The molecule has 0 aliphatic heterocycles. The Hall–Kier alpha value is -1.26. The van der Waals surface area contributed by atoms with Gasteiger partial charge in [0.1, 0.15) is 11.5 Å². The number of aliphatic hydroxyl groups excluding tert-OH is 1. The van der Waals surface area contributed by atoms with E-state index in [0.29, 0.717) is 25.4 Å². The molecular weight excluding hydrogens is 242 g/mol. The zero-order chi connectivity index (χ0) is 14.3. The van der Waals surface area contributed by atoms with Crippen LogP contribution in [0.3, 0.4) is 0 Å². The highest BCUT2D eigenvalue weighted by molar-refractivity contribution is 5.42. The Kier molecular flexibility index (Phi) is 6.67. The largest absolute Gasteiger partial charge is 0.494 e. The lowest BCUT2D eigenvalue weighted by Crippen LogP contribution is -2.16. The zero-order valence-electron chi connectivity index (χ0n) is 12.3. The van der Waals surface area contributed by atoms with Crippen molar-refractivity contribution in [2.24, 2.45) is 0 Å². The molecule has 19 heavy (non-hydrogen) atoms. The van der Waals surface area contributed by atoms with Crippen LogP contribution in [0.25, 0.3) is 0 Å². The second-order valence-corrected chi connectivity index (χ2v) is 4.67. The summed E-state index contributed by atoms with van der Waals surface area (Å²) >= 11 is 0. The summed E-state index contributed by atoms with van der Waals surface area (Å²) in [5, 5.41) is 10.3. The molecule has 0 saturated heterocycles. The molecule has 0 amide bonds. The summed E-state index contributed by atoms with van der Waals surface area (Å²) in [5.74, 6) is 1.48. The third-order valence-electron chi connectivity index (χ3n) is 2.80. The quantitative estimate of drug-likeness (QED) is 0.785. The normalized spacial score (nSPS) is 12.5. The monoisotopic (exact) mass is 267 g/mol. The van der Waals surface area contributed by atoms with Crippen molar-refractivity contribution in [2.75, 3.05) is 33.9 Å². The van der Waals surface area contributed by atoms with Crippen molar-refractivity contribution in [3.8, 4) is 11.5 Å². The number of benzene rings is 1. The van der Waals surface area contributed by atoms with Crippen molar-refractivity contribution >= 4 is 0 Å². The van der Waals surface area contributed by atoms with Crippen LogP contribution in [0.5, 0.6) is 11.5 Å². The van der Waals surface area contributed by atoms with Crippen molar-refractivity contribution in [3.05, 3.63) is 23.8 Å². The van der Waals surface area contributed by atoms with E-state index in [1.54, 1.807) is 0 Å². The minimum absolute atomic E-state index is 0.514. The molecule has 1 rings (SSSR count). The first kappa shape index (κ1) is 15.8. The third-order valence-corrected chi connectivity index (χ3v) is 2.80. The standard InChI is InChI=1S/C15H25NO3/c1-5-18-12-7-8-13(15(11-12)19-6-2)14(17)9-10-16(3)4/h7-8,11,14,17H,5-6,9-10H2,1-4H3. The molecule has 1 atom stereocenters. The molecule has 0 spiro atoms. The lowest BCUT2D eigenvalue weighted by atomic mass is 10.0. The number of hydrogen-bond donors (Lipinski definition) is 1. The van der Waals surface area contributed by atoms with Gasteiger partial charge in [-0.2, -0.15) is 0 Å². The van der Waals surface area contributed by atoms with Gasteiger partial charge in [-0.1, -0.05) is 0 Å². The summed E-state index contributed by atoms with van der Waals surface area (Å²) in [7, 11) is 3.99. The summed E-state index contributed by atoms with van der Waals surface area (Å²) in [4.78, 5) is 2.05. The van der Waals surface area contributed by atoms with E-state index in [9.17, 15) is 5.11 Å². The van der Waals surface area contributed by atoms with Gasteiger partial charge < -0.3 is 19.5 Å². The minimum atomic E-state index is -0.514. The molecule has 4 nitrogen and oxygen atoms in total. The maximum absolute atomic E-state index is 10.3. The fraction of sp³-hybridized carbons (Fsp3) is 0.600. The predicted octanol–water partition coefficient (Wildman–Crippen LogP) is 2.47. The molecule has 0 fully saturated rings. The fourth-order valence-electron chi connectivity index (χ4n) is 1.86. The lowest BCUT2D eigenvalue weighted by Gasteiger charge is -2.18. The Morgan fingerprint density at radius 1 is 1.16 bits per heavy atom. The van der Waals surface area contributed by atoms with Crippen molar-refractivity contribution in [3.63, 3.8) is 0 Å². The molecule has 0 aromatic heterocycles. The highest BCUT2D eigenvalue weighted by atomic mass is 16.5. The maximum Gasteiger partial charge on any atom is 0.128 e. The van der Waals surface area contributed by atoms with E-state index in [4.69, 9.17) is 9.47 Å². The van der Waals surface area contributed by atoms with Crippen LogP contribution in [-0.2, 0) is 0 Å². The van der Waals surface area contributed by atoms with Crippen molar-refractivity contribution in [1.29, 1.82) is 0 Å². The van der Waals surface area contributed by atoms with Crippen molar-refractivity contribution in [2.45, 2.75) is 26.4 Å². The topological polar surface area (TPSA) is 41.9 Å². The molecule has 1 unspecified atom stereocenters. The fourth-order valence-corrected chi connectivity index (χ4v) is 1.86. The number of hydrogen-bond acceptors (Lipinski definition) is 4. The Labute approximate surface area is 115 Å². The highest BCUT2D eigenvalue weighted by Crippen LogP contribution is 2.31. The van der Waals surface area contributed by atoms with Gasteiger partial charge in [0.2, 0.25) is 0 Å². The van der Waals surface area contributed by atoms with Crippen LogP contribution in [0.4, 0.5) is 0 Å². The first-order chi connectivity index (χ1) is 9.08. The average molecular weight is 267 g/mol. The van der Waals surface area contributed by atoms with Crippen molar-refractivity contribution in [1.82, 2.24) is 4.90 Å². The van der Waals surface area contributed by atoms with E-state index < -0.39 is 6.10 Å². The SMILES string of the molecule is CCOc1ccc(C(O)CCN(C)C)c(OCC)c1. The summed E-state index contributed by atoms with van der Waals surface area (Å²) in [6, 6.07) is 5.61. The Bertz CT molecular complexity index is 380. The minimum Gasteiger partial charge on any atom is -0.494 e. The molecule has 0 saturated carbocycles. The van der Waals surface area contributed by atoms with E-state index in [-0.39, 0.29) is 0 Å². The molecule has 108 valence electrons. The molecule has 1 aromatic carbocycles. The number of ether oxygens (including phenoxy) is 2. The van der Waals surface area contributed by atoms with Gasteiger partial charge in [-0.05, 0) is 46.5 Å². The molecule has 0 radical (unpaired) electrons. The van der Waals surface area contributed by atoms with Gasteiger partial charge in [0.25, 0.3) is 0 Å². The number of aliphatic hydroxyl groups is 1. The van der Waals surface area contributed by atoms with Crippen LogP contribution in [0.2, 0.25) is 0 Å². The number of rotatable bonds is 8. The second kappa shape index (κ2) is 8.02. The third kappa shape index (κ3) is 5.09. The predicted molar refractivity (Wildman–Crippen MR) is 76.9 cm³/mol. The first-order valence-electron chi connectivity index (χ1n) is 6.80. The van der Waals surface area contributed by atoms with Crippen LogP contribution in [0.1, 0.15) is 31.9 Å². The Balaban J connectivity index is 2.85. The summed E-state index contributed by atoms with van der Waals surface area (Å²) < 4.78 is 11.1. The van der Waals surface area contributed by atoms with Crippen molar-refractivity contribution < 1.29 is 14.6 Å². The van der Waals surface area contributed by atoms with E-state index in [0.717, 1.165) is 17.9 Å². The van der Waals surface area contributed by atoms with Crippen LogP contribution >= 0.6 is 0 Å². The van der Waals surface area contributed by atoms with Gasteiger partial charge in [0.15, 0.2) is 0 Å². The van der Waals surface area contributed by atoms with E-state index >= 15 is 0 Å². The molecule has 0 bridgehead atoms. The lowest BCUT2D eigenvalue weighted by molar-refractivity contribution is 0.149. The van der Waals surface area contributed by atoms with Gasteiger partial charge in [0.05, 0.1) is 19.3 Å². The van der Waals surface area contributed by atoms with Gasteiger partial charge in [-0.3, -0.25) is 0 Å². The first-order valence-corrected chi connectivity index (χ1v) is 6.80. The van der Waals surface area contributed by atoms with Gasteiger partial charge >= 0.3 is 0 Å². The Morgan fingerprint density at radius 3 is 2.42 bits per heavy atom. The highest BCUT2D eigenvalue weighted by Gasteiger charge is 2.14. The van der Waals surface area contributed by atoms with Crippen LogP contribution in [0, 0.1) is 0 Å². The summed E-state index contributed by atoms with van der Waals surface area (Å²) in [6.07, 6.45) is 0.167. The van der Waals surface area contributed by atoms with Crippen LogP contribution in [0.15, 0.2) is 18.2 Å². The smallest absolute Gasteiger partial charge is 0.128 e. The molecule has 1 aromatic rings. The van der Waals surface area contributed by atoms with Gasteiger partial charge in [-0.15, -0.1) is 0 Å². The van der Waals surface area contributed by atoms with Crippen LogP contribution in [-0.4, -0.2) is 43.9 Å². The van der Waals surface area contributed by atoms with E-state index in [1.165, 1.54) is 0 Å². The summed E-state index contributed by atoms with van der Waals surface area (Å²) in [6.45, 7) is 5.90. The molecule has 0 heterocycles. The maximum atomic E-state index is 10.3. The molecule has 1 N–H and O–H groups in total. The van der Waals surface area contributed by atoms with E-state index in [2.05, 4.69) is 4.90 Å². The van der Waals surface area contributed by atoms with Gasteiger partial charge in [0, 0.05) is 18.2 Å². The number of nitrogens with zero attached hydrogens (tertiary/aromatic N) is 1. The molecular formula is C15H25NO3.